The molecule has 3 nitrogen and oxygen atoms in total. The van der Waals surface area contributed by atoms with Crippen LogP contribution in [0, 0.1) is 0 Å². The molecule has 0 spiro atoms. The summed E-state index contributed by atoms with van der Waals surface area (Å²) in [7, 11) is 0. The molecular formula is C9H19NO2. The van der Waals surface area contributed by atoms with E-state index in [1.54, 1.807) is 5.23 Å². The first-order valence-electron chi connectivity index (χ1n) is 4.44. The van der Waals surface area contributed by atoms with E-state index >= 15 is 0 Å². The van der Waals surface area contributed by atoms with Crippen molar-refractivity contribution in [2.75, 3.05) is 0 Å². The van der Waals surface area contributed by atoms with E-state index in [0.29, 0.717) is 0 Å². The van der Waals surface area contributed by atoms with E-state index in [2.05, 4.69) is 0 Å². The van der Waals surface area contributed by atoms with Crippen molar-refractivity contribution in [2.45, 2.75) is 58.8 Å². The van der Waals surface area contributed by atoms with Gasteiger partial charge < -0.3 is 0 Å². The molecular weight excluding hydrogens is 154 g/mol. The Kier molecular flexibility index (Phi) is 2.23. The molecule has 1 heterocycles. The maximum atomic E-state index is 5.64. The molecule has 12 heavy (non-hydrogen) atoms. The van der Waals surface area contributed by atoms with Gasteiger partial charge in [-0.25, -0.2) is 0 Å². The van der Waals surface area contributed by atoms with E-state index < -0.39 is 0 Å². The molecule has 0 aromatic rings. The number of rotatable bonds is 1. The highest BCUT2D eigenvalue weighted by atomic mass is 17.0. The lowest BCUT2D eigenvalue weighted by molar-refractivity contribution is -0.344. The van der Waals surface area contributed by atoms with Crippen LogP contribution in [0.1, 0.15) is 41.5 Å². The van der Waals surface area contributed by atoms with Crippen LogP contribution < -0.4 is 0 Å². The Morgan fingerprint density at radius 3 is 1.42 bits per heavy atom. The first-order valence-corrected chi connectivity index (χ1v) is 4.44. The van der Waals surface area contributed by atoms with Gasteiger partial charge in [0, 0.05) is 0 Å². The molecule has 0 aromatic carbocycles. The van der Waals surface area contributed by atoms with Crippen molar-refractivity contribution in [2.24, 2.45) is 0 Å². The summed E-state index contributed by atoms with van der Waals surface area (Å²) in [5.74, 6) is 0. The van der Waals surface area contributed by atoms with Crippen molar-refractivity contribution in [1.29, 1.82) is 0 Å². The van der Waals surface area contributed by atoms with Crippen molar-refractivity contribution in [3.05, 3.63) is 0 Å². The molecule has 1 rings (SSSR count). The number of hydrogen-bond acceptors (Lipinski definition) is 3. The fraction of sp³-hybridized carbons (Fsp3) is 1.00. The van der Waals surface area contributed by atoms with E-state index in [1.807, 2.05) is 41.5 Å². The summed E-state index contributed by atoms with van der Waals surface area (Å²) >= 11 is 0. The molecule has 0 radical (unpaired) electrons. The number of hydroxylamine groups is 2. The van der Waals surface area contributed by atoms with Gasteiger partial charge in [0.15, 0.2) is 0 Å². The topological polar surface area (TPSA) is 21.7 Å². The lowest BCUT2D eigenvalue weighted by Gasteiger charge is -2.27. The minimum Gasteiger partial charge on any atom is -0.265 e. The van der Waals surface area contributed by atoms with Crippen LogP contribution in [0.3, 0.4) is 0 Å². The highest BCUT2D eigenvalue weighted by Gasteiger charge is 2.50. The van der Waals surface area contributed by atoms with Gasteiger partial charge in [0.05, 0.1) is 6.04 Å². The van der Waals surface area contributed by atoms with Crippen LogP contribution in [0.25, 0.3) is 0 Å². The molecule has 0 unspecified atom stereocenters. The minimum atomic E-state index is -0.253. The Morgan fingerprint density at radius 1 is 0.917 bits per heavy atom. The number of hydrogen-bond donors (Lipinski definition) is 0. The summed E-state index contributed by atoms with van der Waals surface area (Å²) in [5.41, 5.74) is -0.505. The van der Waals surface area contributed by atoms with Crippen LogP contribution >= 0.6 is 0 Å². The first-order chi connectivity index (χ1) is 5.26. The average Bonchev–Trinajstić information content (AvgIpc) is 2.03. The third-order valence-electron chi connectivity index (χ3n) is 2.51. The quantitative estimate of drug-likeness (QED) is 0.606. The maximum absolute atomic E-state index is 5.64. The van der Waals surface area contributed by atoms with E-state index in [-0.39, 0.29) is 17.2 Å². The molecule has 0 N–H and O–H groups in total. The van der Waals surface area contributed by atoms with E-state index in [1.165, 1.54) is 0 Å². The number of nitrogens with zero attached hydrogens (tertiary/aromatic N) is 1. The zero-order chi connectivity index (χ0) is 9.57. The summed E-state index contributed by atoms with van der Waals surface area (Å²) in [4.78, 5) is 11.3. The molecule has 1 saturated heterocycles. The molecule has 0 aliphatic carbocycles. The van der Waals surface area contributed by atoms with Gasteiger partial charge in [-0.2, -0.15) is 0 Å². The summed E-state index contributed by atoms with van der Waals surface area (Å²) in [6, 6.07) is 0.256. The molecule has 72 valence electrons. The summed E-state index contributed by atoms with van der Waals surface area (Å²) in [5, 5.41) is 1.58. The average molecular weight is 173 g/mol. The highest BCUT2D eigenvalue weighted by Crippen LogP contribution is 2.38. The molecule has 1 fully saturated rings. The monoisotopic (exact) mass is 173 g/mol. The second-order valence-corrected chi connectivity index (χ2v) is 4.58. The molecule has 3 heteroatoms. The third kappa shape index (κ3) is 1.49. The third-order valence-corrected chi connectivity index (χ3v) is 2.51. The SMILES string of the molecule is CC(C)N1OC(C)(C)C(C)(C)O1. The van der Waals surface area contributed by atoms with Gasteiger partial charge in [-0.05, 0) is 41.5 Å². The van der Waals surface area contributed by atoms with Gasteiger partial charge in [-0.15, -0.1) is 0 Å². The van der Waals surface area contributed by atoms with Crippen molar-refractivity contribution < 1.29 is 9.68 Å². The van der Waals surface area contributed by atoms with Gasteiger partial charge in [0.1, 0.15) is 11.2 Å². The molecule has 0 atom stereocenters. The van der Waals surface area contributed by atoms with Gasteiger partial charge in [-0.1, -0.05) is 5.23 Å². The van der Waals surface area contributed by atoms with Crippen molar-refractivity contribution in [3.63, 3.8) is 0 Å². The van der Waals surface area contributed by atoms with Crippen LogP contribution in [-0.4, -0.2) is 22.5 Å². The van der Waals surface area contributed by atoms with Crippen molar-refractivity contribution in [1.82, 2.24) is 5.23 Å². The second-order valence-electron chi connectivity index (χ2n) is 4.58. The molecule has 0 bridgehead atoms. The Bertz CT molecular complexity index is 159. The second kappa shape index (κ2) is 2.69. The largest absolute Gasteiger partial charge is 0.265 e. The summed E-state index contributed by atoms with van der Waals surface area (Å²) in [6.45, 7) is 12.2. The van der Waals surface area contributed by atoms with E-state index in [0.717, 1.165) is 0 Å². The summed E-state index contributed by atoms with van der Waals surface area (Å²) in [6.07, 6.45) is 0. The van der Waals surface area contributed by atoms with Crippen LogP contribution in [0.5, 0.6) is 0 Å². The fourth-order valence-corrected chi connectivity index (χ4v) is 0.899. The molecule has 0 aromatic heterocycles. The minimum absolute atomic E-state index is 0.253. The maximum Gasteiger partial charge on any atom is 0.117 e. The predicted octanol–water partition coefficient (Wildman–Crippen LogP) is 2.13. The van der Waals surface area contributed by atoms with Gasteiger partial charge in [0.25, 0.3) is 0 Å². The van der Waals surface area contributed by atoms with E-state index in [9.17, 15) is 0 Å². The highest BCUT2D eigenvalue weighted by molar-refractivity contribution is 4.91. The van der Waals surface area contributed by atoms with Crippen LogP contribution in [0.4, 0.5) is 0 Å². The first kappa shape index (κ1) is 9.96. The van der Waals surface area contributed by atoms with Crippen LogP contribution in [-0.2, 0) is 9.68 Å². The van der Waals surface area contributed by atoms with Crippen LogP contribution in [0.15, 0.2) is 0 Å². The molecule has 0 saturated carbocycles. The van der Waals surface area contributed by atoms with Gasteiger partial charge >= 0.3 is 0 Å². The Labute approximate surface area is 74.5 Å². The normalized spacial score (nSPS) is 28.2. The Balaban J connectivity index is 2.74. The van der Waals surface area contributed by atoms with Gasteiger partial charge in [0.2, 0.25) is 0 Å². The zero-order valence-corrected chi connectivity index (χ0v) is 8.84. The van der Waals surface area contributed by atoms with Crippen molar-refractivity contribution in [3.8, 4) is 0 Å². The van der Waals surface area contributed by atoms with E-state index in [4.69, 9.17) is 9.68 Å². The smallest absolute Gasteiger partial charge is 0.117 e. The Hall–Kier alpha value is -0.120. The molecule has 1 aliphatic heterocycles. The molecule has 0 amide bonds. The standard InChI is InChI=1S/C9H19NO2/c1-7(2)10-11-8(3,4)9(5,6)12-10/h7H,1-6H3. The van der Waals surface area contributed by atoms with Gasteiger partial charge in [-0.3, -0.25) is 9.68 Å². The Morgan fingerprint density at radius 2 is 1.25 bits per heavy atom. The summed E-state index contributed by atoms with van der Waals surface area (Å²) < 4.78 is 0. The lowest BCUT2D eigenvalue weighted by atomic mass is 9.90. The zero-order valence-electron chi connectivity index (χ0n) is 8.84. The lowest BCUT2D eigenvalue weighted by Crippen LogP contribution is -2.41. The fourth-order valence-electron chi connectivity index (χ4n) is 0.899. The van der Waals surface area contributed by atoms with Crippen LogP contribution in [0.2, 0.25) is 0 Å². The predicted molar refractivity (Wildman–Crippen MR) is 47.3 cm³/mol. The van der Waals surface area contributed by atoms with Crippen molar-refractivity contribution >= 4 is 0 Å². The molecule has 1 aliphatic rings.